The van der Waals surface area contributed by atoms with Gasteiger partial charge in [-0.25, -0.2) is 10.8 Å². The molecule has 4 N–H and O–H groups in total. The lowest BCUT2D eigenvalue weighted by Gasteiger charge is -2.03. The molecule has 18 heavy (non-hydrogen) atoms. The molecule has 0 amide bonds. The van der Waals surface area contributed by atoms with Crippen LogP contribution in [0.2, 0.25) is 0 Å². The first kappa shape index (κ1) is 11.7. The minimum absolute atomic E-state index is 0.00265. The average molecular weight is 251 g/mol. The van der Waals surface area contributed by atoms with Crippen molar-refractivity contribution in [2.45, 2.75) is 6.92 Å². The van der Waals surface area contributed by atoms with Crippen molar-refractivity contribution < 1.29 is 9.66 Å². The summed E-state index contributed by atoms with van der Waals surface area (Å²) in [5.74, 6) is 5.05. The number of nitro groups is 1. The van der Waals surface area contributed by atoms with Gasteiger partial charge in [0.1, 0.15) is 6.20 Å². The number of aromatic amines is 1. The maximum Gasteiger partial charge on any atom is 0.349 e. The summed E-state index contributed by atoms with van der Waals surface area (Å²) in [6.07, 6.45) is 0.997. The first-order chi connectivity index (χ1) is 8.60. The molecule has 0 aliphatic rings. The van der Waals surface area contributed by atoms with E-state index >= 15 is 0 Å². The third-order valence-electron chi connectivity index (χ3n) is 1.95. The van der Waals surface area contributed by atoms with Crippen LogP contribution in [0.1, 0.15) is 5.69 Å². The molecule has 0 radical (unpaired) electrons. The number of nitrogens with zero attached hydrogens (tertiary/aromatic N) is 4. The minimum Gasteiger partial charge on any atom is -0.413 e. The number of aryl methyl sites for hydroxylation is 1. The molecule has 10 heteroatoms. The lowest BCUT2D eigenvalue weighted by molar-refractivity contribution is -0.386. The number of rotatable bonds is 4. The Kier molecular flexibility index (Phi) is 3.02. The zero-order valence-corrected chi connectivity index (χ0v) is 9.25. The smallest absolute Gasteiger partial charge is 0.349 e. The van der Waals surface area contributed by atoms with Gasteiger partial charge in [0.2, 0.25) is 11.8 Å². The fourth-order valence-corrected chi connectivity index (χ4v) is 1.17. The second-order valence-electron chi connectivity index (χ2n) is 3.28. The van der Waals surface area contributed by atoms with E-state index in [9.17, 15) is 10.1 Å². The minimum atomic E-state index is -0.658. The van der Waals surface area contributed by atoms with Crippen LogP contribution in [0.15, 0.2) is 12.3 Å². The molecular formula is C8H9N7O3. The molecule has 0 unspecified atom stereocenters. The summed E-state index contributed by atoms with van der Waals surface area (Å²) < 4.78 is 5.20. The third kappa shape index (κ3) is 2.32. The van der Waals surface area contributed by atoms with E-state index in [2.05, 4.69) is 25.6 Å². The van der Waals surface area contributed by atoms with Gasteiger partial charge in [0.15, 0.2) is 0 Å². The van der Waals surface area contributed by atoms with E-state index in [0.717, 1.165) is 11.9 Å². The fraction of sp³-hybridized carbons (Fsp3) is 0.125. The largest absolute Gasteiger partial charge is 0.413 e. The Labute approximate surface area is 100 Å². The Balaban J connectivity index is 2.37. The predicted octanol–water partition coefficient (Wildman–Crippen LogP) is 0.494. The first-order valence-electron chi connectivity index (χ1n) is 4.78. The summed E-state index contributed by atoms with van der Waals surface area (Å²) in [6.45, 7) is 1.76. The summed E-state index contributed by atoms with van der Waals surface area (Å²) in [7, 11) is 0. The van der Waals surface area contributed by atoms with Crippen molar-refractivity contribution in [1.82, 2.24) is 20.2 Å². The van der Waals surface area contributed by atoms with Crippen molar-refractivity contribution in [1.29, 1.82) is 0 Å². The van der Waals surface area contributed by atoms with E-state index in [-0.39, 0.29) is 23.4 Å². The first-order valence-corrected chi connectivity index (χ1v) is 4.78. The quantitative estimate of drug-likeness (QED) is 0.404. The van der Waals surface area contributed by atoms with Crippen LogP contribution in [0, 0.1) is 17.0 Å². The van der Waals surface area contributed by atoms with Crippen LogP contribution in [0.5, 0.6) is 11.8 Å². The number of nitrogen functional groups attached to an aromatic ring is 1. The number of hydrogen-bond donors (Lipinski definition) is 3. The van der Waals surface area contributed by atoms with Gasteiger partial charge in [0, 0.05) is 11.8 Å². The summed E-state index contributed by atoms with van der Waals surface area (Å²) in [5, 5.41) is 17.2. The second-order valence-corrected chi connectivity index (χ2v) is 3.28. The highest BCUT2D eigenvalue weighted by molar-refractivity contribution is 5.44. The molecule has 0 saturated heterocycles. The highest BCUT2D eigenvalue weighted by atomic mass is 16.6. The Hall–Kier alpha value is -2.75. The van der Waals surface area contributed by atoms with E-state index in [1.807, 2.05) is 0 Å². The van der Waals surface area contributed by atoms with Gasteiger partial charge in [-0.2, -0.15) is 4.98 Å². The zero-order chi connectivity index (χ0) is 13.1. The molecule has 0 aliphatic carbocycles. The molecule has 0 aromatic carbocycles. The second kappa shape index (κ2) is 4.63. The Morgan fingerprint density at radius 2 is 2.39 bits per heavy atom. The van der Waals surface area contributed by atoms with Gasteiger partial charge >= 0.3 is 11.6 Å². The van der Waals surface area contributed by atoms with Crippen LogP contribution in [-0.2, 0) is 0 Å². The Bertz CT molecular complexity index is 582. The highest BCUT2D eigenvalue weighted by Crippen LogP contribution is 2.28. The molecule has 10 nitrogen and oxygen atoms in total. The summed E-state index contributed by atoms with van der Waals surface area (Å²) >= 11 is 0. The van der Waals surface area contributed by atoms with Crippen molar-refractivity contribution >= 4 is 11.6 Å². The molecule has 0 bridgehead atoms. The number of ether oxygens (including phenoxy) is 1. The molecule has 0 aliphatic heterocycles. The number of hydrogen-bond acceptors (Lipinski definition) is 8. The van der Waals surface area contributed by atoms with E-state index < -0.39 is 4.92 Å². The number of anilines is 1. The maximum atomic E-state index is 10.8. The van der Waals surface area contributed by atoms with E-state index in [1.165, 1.54) is 0 Å². The van der Waals surface area contributed by atoms with Gasteiger partial charge < -0.3 is 4.74 Å². The van der Waals surface area contributed by atoms with Crippen LogP contribution in [0.4, 0.5) is 11.6 Å². The van der Waals surface area contributed by atoms with Gasteiger partial charge in [-0.1, -0.05) is 0 Å². The van der Waals surface area contributed by atoms with Crippen LogP contribution in [0.3, 0.4) is 0 Å². The molecular weight excluding hydrogens is 242 g/mol. The molecule has 94 valence electrons. The van der Waals surface area contributed by atoms with Crippen LogP contribution in [-0.4, -0.2) is 25.1 Å². The molecule has 0 fully saturated rings. The molecule has 2 aromatic rings. The Morgan fingerprint density at radius 3 is 2.94 bits per heavy atom. The van der Waals surface area contributed by atoms with Crippen LogP contribution in [0.25, 0.3) is 0 Å². The third-order valence-corrected chi connectivity index (χ3v) is 1.95. The number of hydrazine groups is 1. The fourth-order valence-electron chi connectivity index (χ4n) is 1.17. The average Bonchev–Trinajstić information content (AvgIpc) is 2.74. The van der Waals surface area contributed by atoms with Gasteiger partial charge in [0.05, 0.1) is 4.92 Å². The monoisotopic (exact) mass is 251 g/mol. The molecule has 2 heterocycles. The van der Waals surface area contributed by atoms with Crippen molar-refractivity contribution in [2.75, 3.05) is 5.43 Å². The standard InChI is InChI=1S/C8H9N7O3/c1-4-2-6(14-13-4)18-7-5(15(16)17)3-10-8(11-7)12-9/h2-3H,9H2,1H3,(H,13,14)(H,10,11,12). The van der Waals surface area contributed by atoms with E-state index in [1.54, 1.807) is 13.0 Å². The van der Waals surface area contributed by atoms with Crippen LogP contribution < -0.4 is 16.0 Å². The molecule has 0 spiro atoms. The highest BCUT2D eigenvalue weighted by Gasteiger charge is 2.20. The van der Waals surface area contributed by atoms with Crippen molar-refractivity contribution in [3.8, 4) is 11.8 Å². The molecule has 2 aromatic heterocycles. The van der Waals surface area contributed by atoms with E-state index in [4.69, 9.17) is 10.6 Å². The predicted molar refractivity (Wildman–Crippen MR) is 59.9 cm³/mol. The van der Waals surface area contributed by atoms with Gasteiger partial charge in [-0.05, 0) is 6.92 Å². The summed E-state index contributed by atoms with van der Waals surface area (Å²) in [5.41, 5.74) is 2.54. The summed E-state index contributed by atoms with van der Waals surface area (Å²) in [6, 6.07) is 1.57. The molecule has 0 atom stereocenters. The van der Waals surface area contributed by atoms with Crippen molar-refractivity contribution in [3.63, 3.8) is 0 Å². The number of nitrogens with one attached hydrogen (secondary N) is 2. The number of H-pyrrole nitrogens is 1. The van der Waals surface area contributed by atoms with Gasteiger partial charge in [-0.15, -0.1) is 5.10 Å². The summed E-state index contributed by atoms with van der Waals surface area (Å²) in [4.78, 5) is 17.5. The Morgan fingerprint density at radius 1 is 1.61 bits per heavy atom. The molecule has 2 rings (SSSR count). The van der Waals surface area contributed by atoms with Gasteiger partial charge in [0.25, 0.3) is 0 Å². The van der Waals surface area contributed by atoms with E-state index in [0.29, 0.717) is 0 Å². The lowest BCUT2D eigenvalue weighted by Crippen LogP contribution is -2.11. The lowest BCUT2D eigenvalue weighted by atomic mass is 10.5. The number of aromatic nitrogens is 4. The zero-order valence-electron chi connectivity index (χ0n) is 9.25. The van der Waals surface area contributed by atoms with Crippen molar-refractivity contribution in [3.05, 3.63) is 28.1 Å². The molecule has 0 saturated carbocycles. The SMILES string of the molecule is Cc1cc(Oc2nc(NN)ncc2[N+](=O)[O-])n[nH]1. The normalized spacial score (nSPS) is 10.1. The van der Waals surface area contributed by atoms with Crippen molar-refractivity contribution in [2.24, 2.45) is 5.84 Å². The van der Waals surface area contributed by atoms with Gasteiger partial charge in [-0.3, -0.25) is 20.6 Å². The maximum absolute atomic E-state index is 10.8. The topological polar surface area (TPSA) is 145 Å². The number of nitrogens with two attached hydrogens (primary N) is 1. The van der Waals surface area contributed by atoms with Crippen LogP contribution >= 0.6 is 0 Å².